The normalized spacial score (nSPS) is 10.2. The van der Waals surface area contributed by atoms with Gasteiger partial charge in [0.15, 0.2) is 11.6 Å². The molecule has 1 heterocycles. The van der Waals surface area contributed by atoms with Crippen molar-refractivity contribution in [2.75, 3.05) is 36.7 Å². The third kappa shape index (κ3) is 4.56. The number of nitrogen functional groups attached to an aromatic ring is 1. The van der Waals surface area contributed by atoms with E-state index in [1.807, 2.05) is 25.1 Å². The monoisotopic (exact) mass is 330 g/mol. The molecule has 128 valence electrons. The Morgan fingerprint density at radius 2 is 2.00 bits per heavy atom. The van der Waals surface area contributed by atoms with Crippen molar-refractivity contribution in [2.45, 2.75) is 13.3 Å². The molecule has 1 amide bonds. The maximum atomic E-state index is 12.2. The molecule has 24 heavy (non-hydrogen) atoms. The van der Waals surface area contributed by atoms with Crippen LogP contribution in [-0.2, 0) is 4.74 Å². The molecule has 0 radical (unpaired) electrons. The first-order valence-electron chi connectivity index (χ1n) is 7.58. The van der Waals surface area contributed by atoms with E-state index in [2.05, 4.69) is 26.1 Å². The molecule has 0 atom stereocenters. The SMILES string of the molecule is COCCCNc1ncnc(NNC(=O)c2ccccc2C)c1N. The van der Waals surface area contributed by atoms with E-state index in [9.17, 15) is 4.79 Å². The standard InChI is InChI=1S/C16H22N6O2/c1-11-6-3-4-7-12(11)16(23)22-21-15-13(17)14(19-10-20-15)18-8-5-9-24-2/h3-4,6-7,10H,5,8-9,17H2,1-2H3,(H,22,23)(H2,18,19,20,21). The first-order chi connectivity index (χ1) is 11.6. The number of anilines is 3. The Morgan fingerprint density at radius 1 is 1.25 bits per heavy atom. The zero-order valence-electron chi connectivity index (χ0n) is 13.8. The number of nitrogens with one attached hydrogen (secondary N) is 3. The van der Waals surface area contributed by atoms with Crippen molar-refractivity contribution in [1.29, 1.82) is 0 Å². The van der Waals surface area contributed by atoms with Crippen LogP contribution in [0, 0.1) is 6.92 Å². The second kappa shape index (κ2) is 8.68. The van der Waals surface area contributed by atoms with E-state index in [1.165, 1.54) is 6.33 Å². The molecule has 2 aromatic rings. The Morgan fingerprint density at radius 3 is 2.75 bits per heavy atom. The quantitative estimate of drug-likeness (QED) is 0.429. The Balaban J connectivity index is 1.97. The lowest BCUT2D eigenvalue weighted by Gasteiger charge is -2.13. The Labute approximate surface area is 140 Å². The van der Waals surface area contributed by atoms with Crippen LogP contribution < -0.4 is 21.9 Å². The largest absolute Gasteiger partial charge is 0.393 e. The highest BCUT2D eigenvalue weighted by atomic mass is 16.5. The molecule has 8 nitrogen and oxygen atoms in total. The van der Waals surface area contributed by atoms with E-state index >= 15 is 0 Å². The van der Waals surface area contributed by atoms with E-state index in [-0.39, 0.29) is 5.91 Å². The number of nitrogens with zero attached hydrogens (tertiary/aromatic N) is 2. The Bertz CT molecular complexity index is 692. The van der Waals surface area contributed by atoms with Gasteiger partial charge in [0, 0.05) is 25.8 Å². The molecule has 0 aliphatic rings. The van der Waals surface area contributed by atoms with Crippen LogP contribution in [-0.4, -0.2) is 36.1 Å². The fourth-order valence-electron chi connectivity index (χ4n) is 2.07. The summed E-state index contributed by atoms with van der Waals surface area (Å²) in [5.41, 5.74) is 13.1. The van der Waals surface area contributed by atoms with Gasteiger partial charge in [-0.1, -0.05) is 18.2 Å². The molecule has 0 saturated heterocycles. The van der Waals surface area contributed by atoms with Crippen LogP contribution in [0.15, 0.2) is 30.6 Å². The van der Waals surface area contributed by atoms with Gasteiger partial charge in [0.25, 0.3) is 5.91 Å². The number of ether oxygens (including phenoxy) is 1. The number of hydrogen-bond donors (Lipinski definition) is 4. The highest BCUT2D eigenvalue weighted by Crippen LogP contribution is 2.21. The third-order valence-electron chi connectivity index (χ3n) is 3.39. The van der Waals surface area contributed by atoms with Gasteiger partial charge in [0.05, 0.1) is 0 Å². The number of nitrogens with two attached hydrogens (primary N) is 1. The lowest BCUT2D eigenvalue weighted by atomic mass is 10.1. The fourth-order valence-corrected chi connectivity index (χ4v) is 2.07. The van der Waals surface area contributed by atoms with Crippen LogP contribution in [0.2, 0.25) is 0 Å². The number of amides is 1. The molecule has 8 heteroatoms. The summed E-state index contributed by atoms with van der Waals surface area (Å²) in [6.45, 7) is 3.19. The first kappa shape index (κ1) is 17.5. The molecule has 1 aromatic heterocycles. The molecule has 1 aromatic carbocycles. The lowest BCUT2D eigenvalue weighted by molar-refractivity contribution is 0.0962. The number of rotatable bonds is 8. The smallest absolute Gasteiger partial charge is 0.269 e. The zero-order chi connectivity index (χ0) is 17.4. The van der Waals surface area contributed by atoms with Crippen LogP contribution in [0.1, 0.15) is 22.3 Å². The van der Waals surface area contributed by atoms with Gasteiger partial charge in [-0.2, -0.15) is 0 Å². The molecule has 5 N–H and O–H groups in total. The third-order valence-corrected chi connectivity index (χ3v) is 3.39. The average molecular weight is 330 g/mol. The van der Waals surface area contributed by atoms with Gasteiger partial charge >= 0.3 is 0 Å². The summed E-state index contributed by atoms with van der Waals surface area (Å²) in [6, 6.07) is 7.31. The minimum Gasteiger partial charge on any atom is -0.393 e. The predicted molar refractivity (Wildman–Crippen MR) is 93.7 cm³/mol. The van der Waals surface area contributed by atoms with Crippen molar-refractivity contribution >= 4 is 23.2 Å². The number of hydrogen-bond acceptors (Lipinski definition) is 7. The van der Waals surface area contributed by atoms with E-state index in [0.29, 0.717) is 36.0 Å². The van der Waals surface area contributed by atoms with Crippen molar-refractivity contribution in [3.05, 3.63) is 41.7 Å². The number of hydrazine groups is 1. The van der Waals surface area contributed by atoms with Gasteiger partial charge < -0.3 is 15.8 Å². The number of benzene rings is 1. The van der Waals surface area contributed by atoms with E-state index in [4.69, 9.17) is 10.5 Å². The Hall–Kier alpha value is -2.87. The first-order valence-corrected chi connectivity index (χ1v) is 7.58. The summed E-state index contributed by atoms with van der Waals surface area (Å²) < 4.78 is 4.99. The van der Waals surface area contributed by atoms with E-state index in [0.717, 1.165) is 12.0 Å². The average Bonchev–Trinajstić information content (AvgIpc) is 2.59. The van der Waals surface area contributed by atoms with Crippen molar-refractivity contribution in [3.8, 4) is 0 Å². The number of aromatic nitrogens is 2. The molecule has 0 fully saturated rings. The van der Waals surface area contributed by atoms with Crippen LogP contribution in [0.3, 0.4) is 0 Å². The summed E-state index contributed by atoms with van der Waals surface area (Å²) in [5.74, 6) is 0.579. The molecular weight excluding hydrogens is 308 g/mol. The minimum atomic E-state index is -0.263. The zero-order valence-corrected chi connectivity index (χ0v) is 13.8. The van der Waals surface area contributed by atoms with Crippen molar-refractivity contribution < 1.29 is 9.53 Å². The van der Waals surface area contributed by atoms with Gasteiger partial charge in [-0.05, 0) is 25.0 Å². The number of carbonyl (C=O) groups excluding carboxylic acids is 1. The maximum Gasteiger partial charge on any atom is 0.269 e. The second-order valence-electron chi connectivity index (χ2n) is 5.15. The molecule has 0 spiro atoms. The molecule has 0 saturated carbocycles. The molecule has 2 rings (SSSR count). The van der Waals surface area contributed by atoms with Gasteiger partial charge in [-0.3, -0.25) is 15.6 Å². The summed E-state index contributed by atoms with van der Waals surface area (Å²) >= 11 is 0. The van der Waals surface area contributed by atoms with E-state index < -0.39 is 0 Å². The van der Waals surface area contributed by atoms with Gasteiger partial charge in [-0.25, -0.2) is 9.97 Å². The van der Waals surface area contributed by atoms with Crippen LogP contribution >= 0.6 is 0 Å². The minimum absolute atomic E-state index is 0.263. The van der Waals surface area contributed by atoms with Gasteiger partial charge in [0.1, 0.15) is 12.0 Å². The van der Waals surface area contributed by atoms with Crippen LogP contribution in [0.5, 0.6) is 0 Å². The summed E-state index contributed by atoms with van der Waals surface area (Å²) in [6.07, 6.45) is 2.20. The van der Waals surface area contributed by atoms with Crippen molar-refractivity contribution in [2.24, 2.45) is 0 Å². The van der Waals surface area contributed by atoms with Crippen molar-refractivity contribution in [1.82, 2.24) is 15.4 Å². The lowest BCUT2D eigenvalue weighted by Crippen LogP contribution is -2.31. The number of aryl methyl sites for hydroxylation is 1. The summed E-state index contributed by atoms with van der Waals surface area (Å²) in [4.78, 5) is 20.3. The van der Waals surface area contributed by atoms with Crippen molar-refractivity contribution in [3.63, 3.8) is 0 Å². The van der Waals surface area contributed by atoms with Gasteiger partial charge in [0.2, 0.25) is 0 Å². The van der Waals surface area contributed by atoms with Crippen LogP contribution in [0.4, 0.5) is 17.3 Å². The molecule has 0 bridgehead atoms. The molecule has 0 unspecified atom stereocenters. The fraction of sp³-hybridized carbons (Fsp3) is 0.312. The highest BCUT2D eigenvalue weighted by Gasteiger charge is 2.11. The second-order valence-corrected chi connectivity index (χ2v) is 5.15. The van der Waals surface area contributed by atoms with Crippen LogP contribution in [0.25, 0.3) is 0 Å². The molecule has 0 aliphatic carbocycles. The highest BCUT2D eigenvalue weighted by molar-refractivity contribution is 5.96. The number of carbonyl (C=O) groups is 1. The topological polar surface area (TPSA) is 114 Å². The molecule has 0 aliphatic heterocycles. The predicted octanol–water partition coefficient (Wildman–Crippen LogP) is 1.57. The Kier molecular flexibility index (Phi) is 6.32. The van der Waals surface area contributed by atoms with Gasteiger partial charge in [-0.15, -0.1) is 0 Å². The molecular formula is C16H22N6O2. The maximum absolute atomic E-state index is 12.2. The summed E-state index contributed by atoms with van der Waals surface area (Å²) in [5, 5.41) is 3.11. The summed E-state index contributed by atoms with van der Waals surface area (Å²) in [7, 11) is 1.65. The number of methoxy groups -OCH3 is 1. The van der Waals surface area contributed by atoms with E-state index in [1.54, 1.807) is 13.2 Å².